The molecule has 0 unspecified atom stereocenters. The van der Waals surface area contributed by atoms with E-state index < -0.39 is 0 Å². The molecule has 0 aromatic carbocycles. The number of nitrogens with one attached hydrogen (secondary N) is 2. The molecule has 0 aliphatic carbocycles. The summed E-state index contributed by atoms with van der Waals surface area (Å²) in [5.41, 5.74) is 0. The van der Waals surface area contributed by atoms with Gasteiger partial charge in [0.25, 0.3) is 0 Å². The van der Waals surface area contributed by atoms with E-state index in [1.54, 1.807) is 17.7 Å². The molecular weight excluding hydrogens is 322 g/mol. The molecule has 2 heterocycles. The van der Waals surface area contributed by atoms with Crippen LogP contribution in [-0.2, 0) is 25.8 Å². The lowest BCUT2D eigenvalue weighted by Crippen LogP contribution is -2.39. The third-order valence-corrected chi connectivity index (χ3v) is 4.75. The molecular formula is C16H27N7S. The maximum atomic E-state index is 4.63. The number of guanidine groups is 1. The zero-order valence-electron chi connectivity index (χ0n) is 14.7. The van der Waals surface area contributed by atoms with E-state index in [4.69, 9.17) is 0 Å². The van der Waals surface area contributed by atoms with Crippen molar-refractivity contribution < 1.29 is 0 Å². The molecule has 7 nitrogen and oxygen atoms in total. The molecule has 2 aromatic heterocycles. The Morgan fingerprint density at radius 2 is 2.12 bits per heavy atom. The molecule has 2 aromatic rings. The molecule has 0 saturated heterocycles. The number of hydrogen-bond donors (Lipinski definition) is 2. The van der Waals surface area contributed by atoms with E-state index in [9.17, 15) is 0 Å². The highest BCUT2D eigenvalue weighted by Gasteiger charge is 2.03. The molecule has 0 amide bonds. The summed E-state index contributed by atoms with van der Waals surface area (Å²) in [4.78, 5) is 10.4. The van der Waals surface area contributed by atoms with Crippen LogP contribution in [0.25, 0.3) is 0 Å². The fourth-order valence-electron chi connectivity index (χ4n) is 2.27. The summed E-state index contributed by atoms with van der Waals surface area (Å²) in [5.74, 6) is 1.85. The zero-order chi connectivity index (χ0) is 17.2. The van der Waals surface area contributed by atoms with Crippen molar-refractivity contribution in [3.8, 4) is 0 Å². The number of hydrogen-bond acceptors (Lipinski definition) is 5. The average molecular weight is 350 g/mol. The van der Waals surface area contributed by atoms with Crippen molar-refractivity contribution in [3.05, 3.63) is 28.2 Å². The highest BCUT2D eigenvalue weighted by atomic mass is 32.1. The number of nitrogens with zero attached hydrogens (tertiary/aromatic N) is 5. The maximum absolute atomic E-state index is 4.63. The minimum absolute atomic E-state index is 0.735. The predicted molar refractivity (Wildman–Crippen MR) is 98.6 cm³/mol. The molecule has 0 saturated carbocycles. The quantitative estimate of drug-likeness (QED) is 0.532. The molecule has 8 heteroatoms. The van der Waals surface area contributed by atoms with Crippen LogP contribution in [0.5, 0.6) is 0 Å². The first-order valence-corrected chi connectivity index (χ1v) is 9.40. The Kier molecular flexibility index (Phi) is 7.67. The van der Waals surface area contributed by atoms with E-state index in [-0.39, 0.29) is 0 Å². The molecule has 0 radical (unpaired) electrons. The summed E-state index contributed by atoms with van der Waals surface area (Å²) < 4.78 is 2.07. The molecule has 2 N–H and O–H groups in total. The van der Waals surface area contributed by atoms with E-state index in [1.807, 2.05) is 6.20 Å². The van der Waals surface area contributed by atoms with E-state index in [2.05, 4.69) is 56.1 Å². The number of aliphatic imine (C=N–C) groups is 1. The van der Waals surface area contributed by atoms with E-state index >= 15 is 0 Å². The van der Waals surface area contributed by atoms with Crippen LogP contribution in [0, 0.1) is 0 Å². The summed E-state index contributed by atoms with van der Waals surface area (Å²) in [5, 5.41) is 15.8. The highest BCUT2D eigenvalue weighted by Crippen LogP contribution is 2.13. The van der Waals surface area contributed by atoms with Gasteiger partial charge in [0.05, 0.1) is 5.01 Å². The van der Waals surface area contributed by atoms with E-state index in [0.29, 0.717) is 0 Å². The Labute approximate surface area is 147 Å². The van der Waals surface area contributed by atoms with Gasteiger partial charge in [-0.05, 0) is 13.3 Å². The molecule has 2 rings (SSSR count). The van der Waals surface area contributed by atoms with Gasteiger partial charge in [-0.25, -0.2) is 4.98 Å². The van der Waals surface area contributed by atoms with Crippen LogP contribution in [0.1, 0.15) is 36.5 Å². The number of thiazole rings is 1. The van der Waals surface area contributed by atoms with Crippen molar-refractivity contribution in [2.45, 2.75) is 46.6 Å². The molecule has 0 atom stereocenters. The standard InChI is InChI=1S/C16H27N7S/c1-4-13-11-20-15(24-13)7-8-18-16(17-6-3)19-9-10-23-12-21-22-14(23)5-2/h11-12H,4-10H2,1-3H3,(H2,17,18,19). The van der Waals surface area contributed by atoms with Crippen molar-refractivity contribution in [3.63, 3.8) is 0 Å². The second-order valence-electron chi connectivity index (χ2n) is 5.31. The van der Waals surface area contributed by atoms with Crippen molar-refractivity contribution in [1.29, 1.82) is 0 Å². The van der Waals surface area contributed by atoms with Gasteiger partial charge in [0.1, 0.15) is 12.2 Å². The lowest BCUT2D eigenvalue weighted by atomic mass is 10.4. The Morgan fingerprint density at radius 1 is 1.25 bits per heavy atom. The van der Waals surface area contributed by atoms with Gasteiger partial charge in [0.2, 0.25) is 0 Å². The average Bonchev–Trinajstić information content (AvgIpc) is 3.23. The van der Waals surface area contributed by atoms with Gasteiger partial charge in [-0.15, -0.1) is 21.5 Å². The van der Waals surface area contributed by atoms with Crippen LogP contribution in [-0.4, -0.2) is 45.3 Å². The molecule has 0 aliphatic rings. The van der Waals surface area contributed by atoms with Crippen LogP contribution in [0.4, 0.5) is 0 Å². The van der Waals surface area contributed by atoms with Crippen LogP contribution < -0.4 is 10.6 Å². The monoisotopic (exact) mass is 349 g/mol. The van der Waals surface area contributed by atoms with Crippen molar-refractivity contribution in [1.82, 2.24) is 30.4 Å². The highest BCUT2D eigenvalue weighted by molar-refractivity contribution is 7.11. The van der Waals surface area contributed by atoms with Crippen LogP contribution in [0.3, 0.4) is 0 Å². The van der Waals surface area contributed by atoms with Gasteiger partial charge in [0.15, 0.2) is 5.96 Å². The first kappa shape index (κ1) is 18.4. The zero-order valence-corrected chi connectivity index (χ0v) is 15.6. The van der Waals surface area contributed by atoms with Crippen molar-refractivity contribution >= 4 is 17.3 Å². The second-order valence-corrected chi connectivity index (χ2v) is 6.51. The largest absolute Gasteiger partial charge is 0.357 e. The van der Waals surface area contributed by atoms with Crippen LogP contribution in [0.15, 0.2) is 17.5 Å². The number of rotatable bonds is 9. The summed E-state index contributed by atoms with van der Waals surface area (Å²) in [6, 6.07) is 0. The van der Waals surface area contributed by atoms with E-state index in [0.717, 1.165) is 62.2 Å². The second kappa shape index (κ2) is 10.0. The summed E-state index contributed by atoms with van der Waals surface area (Å²) in [6.45, 7) is 9.50. The van der Waals surface area contributed by atoms with Gasteiger partial charge in [-0.1, -0.05) is 13.8 Å². The Balaban J connectivity index is 1.79. The summed E-state index contributed by atoms with van der Waals surface area (Å²) >= 11 is 1.78. The van der Waals surface area contributed by atoms with Gasteiger partial charge in [0, 0.05) is 50.1 Å². The normalized spacial score (nSPS) is 11.7. The molecule has 24 heavy (non-hydrogen) atoms. The Morgan fingerprint density at radius 3 is 2.83 bits per heavy atom. The maximum Gasteiger partial charge on any atom is 0.191 e. The SMILES string of the molecule is CCNC(=NCCc1ncc(CC)s1)NCCn1cnnc1CC. The lowest BCUT2D eigenvalue weighted by molar-refractivity contribution is 0.632. The van der Waals surface area contributed by atoms with Crippen LogP contribution in [0.2, 0.25) is 0 Å². The predicted octanol–water partition coefficient (Wildman–Crippen LogP) is 1.66. The van der Waals surface area contributed by atoms with E-state index in [1.165, 1.54) is 4.88 Å². The van der Waals surface area contributed by atoms with Crippen molar-refractivity contribution in [2.24, 2.45) is 4.99 Å². The Hall–Kier alpha value is -1.96. The minimum atomic E-state index is 0.735. The third kappa shape index (κ3) is 5.59. The topological polar surface area (TPSA) is 80.0 Å². The molecule has 0 aliphatic heterocycles. The molecule has 0 fully saturated rings. The Bertz CT molecular complexity index is 632. The molecule has 0 bridgehead atoms. The first-order valence-electron chi connectivity index (χ1n) is 8.59. The van der Waals surface area contributed by atoms with Gasteiger partial charge >= 0.3 is 0 Å². The van der Waals surface area contributed by atoms with Gasteiger partial charge in [-0.3, -0.25) is 4.99 Å². The summed E-state index contributed by atoms with van der Waals surface area (Å²) in [7, 11) is 0. The fourth-order valence-corrected chi connectivity index (χ4v) is 3.12. The van der Waals surface area contributed by atoms with Gasteiger partial charge < -0.3 is 15.2 Å². The summed E-state index contributed by atoms with van der Waals surface area (Å²) in [6.07, 6.45) is 6.57. The lowest BCUT2D eigenvalue weighted by Gasteiger charge is -2.12. The molecule has 0 spiro atoms. The third-order valence-electron chi connectivity index (χ3n) is 3.55. The van der Waals surface area contributed by atoms with Crippen LogP contribution >= 0.6 is 11.3 Å². The number of aromatic nitrogens is 4. The first-order chi connectivity index (χ1) is 11.8. The minimum Gasteiger partial charge on any atom is -0.357 e. The van der Waals surface area contributed by atoms with Gasteiger partial charge in [-0.2, -0.15) is 0 Å². The molecule has 132 valence electrons. The number of aryl methyl sites for hydroxylation is 2. The van der Waals surface area contributed by atoms with Crippen molar-refractivity contribution in [2.75, 3.05) is 19.6 Å². The smallest absolute Gasteiger partial charge is 0.191 e. The fraction of sp³-hybridized carbons (Fsp3) is 0.625.